The van der Waals surface area contributed by atoms with Gasteiger partial charge < -0.3 is 0 Å². The molecular formula is C11H16N2O2. The minimum Gasteiger partial charge on any atom is -0.294 e. The molecule has 2 rings (SSSR count). The Morgan fingerprint density at radius 3 is 2.60 bits per heavy atom. The second kappa shape index (κ2) is 4.57. The van der Waals surface area contributed by atoms with Crippen LogP contribution in [0.4, 0.5) is 0 Å². The van der Waals surface area contributed by atoms with E-state index in [1.165, 1.54) is 24.8 Å². The van der Waals surface area contributed by atoms with Crippen molar-refractivity contribution in [2.75, 3.05) is 19.6 Å². The Balaban J connectivity index is 1.78. The fraction of sp³-hybridized carbons (Fsp3) is 0.636. The van der Waals surface area contributed by atoms with Crippen LogP contribution in [-0.4, -0.2) is 36.3 Å². The largest absolute Gasteiger partial charge is 0.294 e. The van der Waals surface area contributed by atoms with E-state index in [1.54, 1.807) is 0 Å². The van der Waals surface area contributed by atoms with Crippen LogP contribution in [0.15, 0.2) is 11.6 Å². The zero-order valence-electron chi connectivity index (χ0n) is 8.79. The average molecular weight is 208 g/mol. The summed E-state index contributed by atoms with van der Waals surface area (Å²) in [6.07, 6.45) is 6.92. The van der Waals surface area contributed by atoms with Crippen molar-refractivity contribution >= 4 is 11.8 Å². The van der Waals surface area contributed by atoms with E-state index in [4.69, 9.17) is 0 Å². The van der Waals surface area contributed by atoms with Crippen molar-refractivity contribution < 1.29 is 9.59 Å². The summed E-state index contributed by atoms with van der Waals surface area (Å²) < 4.78 is 0. The first-order chi connectivity index (χ1) is 7.24. The molecule has 0 bridgehead atoms. The molecule has 1 aliphatic carbocycles. The van der Waals surface area contributed by atoms with E-state index < -0.39 is 0 Å². The summed E-state index contributed by atoms with van der Waals surface area (Å²) >= 11 is 0. The number of carbonyl (C=O) groups is 2. The van der Waals surface area contributed by atoms with Gasteiger partial charge in [-0.3, -0.25) is 19.8 Å². The normalized spacial score (nSPS) is 22.8. The van der Waals surface area contributed by atoms with Crippen molar-refractivity contribution in [1.29, 1.82) is 0 Å². The van der Waals surface area contributed by atoms with E-state index in [9.17, 15) is 9.59 Å². The van der Waals surface area contributed by atoms with Gasteiger partial charge in [-0.1, -0.05) is 11.6 Å². The molecule has 1 heterocycles. The molecule has 0 atom stereocenters. The first kappa shape index (κ1) is 10.4. The predicted molar refractivity (Wildman–Crippen MR) is 56.1 cm³/mol. The molecule has 0 aromatic rings. The van der Waals surface area contributed by atoms with Crippen LogP contribution in [0.5, 0.6) is 0 Å². The molecule has 15 heavy (non-hydrogen) atoms. The van der Waals surface area contributed by atoms with Gasteiger partial charge in [0.05, 0.1) is 13.1 Å². The summed E-state index contributed by atoms with van der Waals surface area (Å²) in [5, 5.41) is 2.30. The van der Waals surface area contributed by atoms with Gasteiger partial charge in [-0.25, -0.2) is 0 Å². The van der Waals surface area contributed by atoms with E-state index >= 15 is 0 Å². The molecule has 0 aromatic heterocycles. The third kappa shape index (κ3) is 2.89. The molecule has 1 saturated heterocycles. The fourth-order valence-corrected chi connectivity index (χ4v) is 2.12. The van der Waals surface area contributed by atoms with Crippen LogP contribution in [0.2, 0.25) is 0 Å². The summed E-state index contributed by atoms with van der Waals surface area (Å²) in [5.74, 6) is -0.349. The SMILES string of the molecule is O=C1CN(CCC2=CCCC2)CC(=O)N1. The third-order valence-corrected chi connectivity index (χ3v) is 2.90. The maximum absolute atomic E-state index is 11.1. The van der Waals surface area contributed by atoms with Gasteiger partial charge in [-0.2, -0.15) is 0 Å². The summed E-state index contributed by atoms with van der Waals surface area (Å²) in [6, 6.07) is 0. The monoisotopic (exact) mass is 208 g/mol. The molecule has 0 aromatic carbocycles. The maximum Gasteiger partial charge on any atom is 0.240 e. The molecule has 0 radical (unpaired) electrons. The molecule has 2 aliphatic rings. The highest BCUT2D eigenvalue weighted by atomic mass is 16.2. The summed E-state index contributed by atoms with van der Waals surface area (Å²) in [7, 11) is 0. The lowest BCUT2D eigenvalue weighted by Gasteiger charge is -2.25. The summed E-state index contributed by atoms with van der Waals surface area (Å²) in [4.78, 5) is 24.1. The number of piperazine rings is 1. The quantitative estimate of drug-likeness (QED) is 0.541. The van der Waals surface area contributed by atoms with Gasteiger partial charge in [0.15, 0.2) is 0 Å². The van der Waals surface area contributed by atoms with Crippen LogP contribution in [0.1, 0.15) is 25.7 Å². The van der Waals surface area contributed by atoms with E-state index in [-0.39, 0.29) is 11.8 Å². The van der Waals surface area contributed by atoms with Gasteiger partial charge in [0.25, 0.3) is 0 Å². The first-order valence-electron chi connectivity index (χ1n) is 5.47. The summed E-state index contributed by atoms with van der Waals surface area (Å²) in [6.45, 7) is 1.54. The number of hydrogen-bond donors (Lipinski definition) is 1. The number of amides is 2. The Morgan fingerprint density at radius 1 is 1.27 bits per heavy atom. The highest BCUT2D eigenvalue weighted by Gasteiger charge is 2.22. The molecule has 0 saturated carbocycles. The van der Waals surface area contributed by atoms with Crippen LogP contribution in [0.25, 0.3) is 0 Å². The van der Waals surface area contributed by atoms with E-state index in [0.29, 0.717) is 13.1 Å². The van der Waals surface area contributed by atoms with Crippen LogP contribution >= 0.6 is 0 Å². The molecule has 1 fully saturated rings. The van der Waals surface area contributed by atoms with Crippen LogP contribution < -0.4 is 5.32 Å². The molecule has 4 heteroatoms. The number of nitrogens with one attached hydrogen (secondary N) is 1. The second-order valence-corrected chi connectivity index (χ2v) is 4.19. The summed E-state index contributed by atoms with van der Waals surface area (Å²) in [5.41, 5.74) is 1.48. The Bertz CT molecular complexity index is 294. The number of nitrogens with zero attached hydrogens (tertiary/aromatic N) is 1. The Hall–Kier alpha value is -1.16. The van der Waals surface area contributed by atoms with E-state index in [2.05, 4.69) is 11.4 Å². The highest BCUT2D eigenvalue weighted by molar-refractivity contribution is 5.99. The second-order valence-electron chi connectivity index (χ2n) is 4.19. The van der Waals surface area contributed by atoms with Crippen molar-refractivity contribution in [1.82, 2.24) is 10.2 Å². The zero-order valence-corrected chi connectivity index (χ0v) is 8.79. The number of rotatable bonds is 3. The van der Waals surface area contributed by atoms with Crippen molar-refractivity contribution in [2.24, 2.45) is 0 Å². The van der Waals surface area contributed by atoms with Gasteiger partial charge in [-0.05, 0) is 25.7 Å². The van der Waals surface area contributed by atoms with Gasteiger partial charge >= 0.3 is 0 Å². The van der Waals surface area contributed by atoms with Crippen LogP contribution in [-0.2, 0) is 9.59 Å². The van der Waals surface area contributed by atoms with E-state index in [0.717, 1.165) is 13.0 Å². The number of hydrogen-bond acceptors (Lipinski definition) is 3. The van der Waals surface area contributed by atoms with Gasteiger partial charge in [0.2, 0.25) is 11.8 Å². The average Bonchev–Trinajstić information content (AvgIpc) is 2.65. The molecule has 0 spiro atoms. The number of allylic oxidation sites excluding steroid dienone is 1. The van der Waals surface area contributed by atoms with Crippen molar-refractivity contribution in [3.05, 3.63) is 11.6 Å². The van der Waals surface area contributed by atoms with Crippen LogP contribution in [0.3, 0.4) is 0 Å². The third-order valence-electron chi connectivity index (χ3n) is 2.90. The Kier molecular flexibility index (Phi) is 3.16. The topological polar surface area (TPSA) is 49.4 Å². The molecule has 1 aliphatic heterocycles. The highest BCUT2D eigenvalue weighted by Crippen LogP contribution is 2.20. The lowest BCUT2D eigenvalue weighted by atomic mass is 10.1. The first-order valence-corrected chi connectivity index (χ1v) is 5.47. The molecule has 82 valence electrons. The fourth-order valence-electron chi connectivity index (χ4n) is 2.12. The molecular weight excluding hydrogens is 192 g/mol. The molecule has 2 amide bonds. The van der Waals surface area contributed by atoms with Gasteiger partial charge in [0.1, 0.15) is 0 Å². The number of carbonyl (C=O) groups excluding carboxylic acids is 2. The Morgan fingerprint density at radius 2 is 2.00 bits per heavy atom. The predicted octanol–water partition coefficient (Wildman–Crippen LogP) is 0.445. The zero-order chi connectivity index (χ0) is 10.7. The van der Waals surface area contributed by atoms with Crippen LogP contribution in [0, 0.1) is 0 Å². The molecule has 4 nitrogen and oxygen atoms in total. The van der Waals surface area contributed by atoms with E-state index in [1.807, 2.05) is 4.90 Å². The lowest BCUT2D eigenvalue weighted by Crippen LogP contribution is -2.51. The van der Waals surface area contributed by atoms with Crippen molar-refractivity contribution in [2.45, 2.75) is 25.7 Å². The van der Waals surface area contributed by atoms with Gasteiger partial charge in [-0.15, -0.1) is 0 Å². The smallest absolute Gasteiger partial charge is 0.240 e. The standard InChI is InChI=1S/C11H16N2O2/c14-10-7-13(8-11(15)12-10)6-5-9-3-1-2-4-9/h3H,1-2,4-8H2,(H,12,14,15). The van der Waals surface area contributed by atoms with Crippen molar-refractivity contribution in [3.63, 3.8) is 0 Å². The molecule has 0 unspecified atom stereocenters. The van der Waals surface area contributed by atoms with Crippen molar-refractivity contribution in [3.8, 4) is 0 Å². The minimum absolute atomic E-state index is 0.174. The minimum atomic E-state index is -0.174. The Labute approximate surface area is 89.3 Å². The molecule has 1 N–H and O–H groups in total. The lowest BCUT2D eigenvalue weighted by molar-refractivity contribution is -0.135. The van der Waals surface area contributed by atoms with Gasteiger partial charge in [0, 0.05) is 6.54 Å². The number of imide groups is 1. The maximum atomic E-state index is 11.1.